The number of aromatic nitrogens is 2. The number of nitrogens with zero attached hydrogens (tertiary/aromatic N) is 2. The summed E-state index contributed by atoms with van der Waals surface area (Å²) in [5.41, 5.74) is 5.91. The minimum absolute atomic E-state index is 0.315. The third kappa shape index (κ3) is 2.07. The van der Waals surface area contributed by atoms with Crippen molar-refractivity contribution in [3.63, 3.8) is 0 Å². The zero-order chi connectivity index (χ0) is 12.6. The molecule has 0 aliphatic heterocycles. The molecule has 2 atom stereocenters. The molecule has 1 aromatic rings. The van der Waals surface area contributed by atoms with Crippen LogP contribution in [0.4, 0.5) is 0 Å². The van der Waals surface area contributed by atoms with E-state index in [-0.39, 0.29) is 5.54 Å². The van der Waals surface area contributed by atoms with E-state index in [1.54, 1.807) is 0 Å². The van der Waals surface area contributed by atoms with Gasteiger partial charge in [-0.1, -0.05) is 31.3 Å². The molecular weight excluding hydrogens is 226 g/mol. The van der Waals surface area contributed by atoms with E-state index in [1.807, 2.05) is 0 Å². The highest BCUT2D eigenvalue weighted by molar-refractivity contribution is 5.09. The molecule has 2 aliphatic rings. The fourth-order valence-electron chi connectivity index (χ4n) is 3.27. The maximum absolute atomic E-state index is 6.22. The van der Waals surface area contributed by atoms with Crippen LogP contribution in [0.1, 0.15) is 75.9 Å². The number of rotatable bonds is 3. The predicted molar refractivity (Wildman–Crippen MR) is 69.0 cm³/mol. The molecule has 18 heavy (non-hydrogen) atoms. The second-order valence-electron chi connectivity index (χ2n) is 6.11. The second-order valence-corrected chi connectivity index (χ2v) is 6.11. The Morgan fingerprint density at radius 1 is 1.33 bits per heavy atom. The van der Waals surface area contributed by atoms with Crippen LogP contribution in [0.15, 0.2) is 4.52 Å². The Hall–Kier alpha value is -0.900. The molecule has 1 aromatic heterocycles. The summed E-state index contributed by atoms with van der Waals surface area (Å²) >= 11 is 0. The summed E-state index contributed by atoms with van der Waals surface area (Å²) in [7, 11) is 0. The molecular formula is C14H23N3O. The van der Waals surface area contributed by atoms with Gasteiger partial charge in [0.2, 0.25) is 5.89 Å². The monoisotopic (exact) mass is 249 g/mol. The molecule has 0 spiro atoms. The van der Waals surface area contributed by atoms with Crippen molar-refractivity contribution < 1.29 is 4.52 Å². The molecule has 0 amide bonds. The second kappa shape index (κ2) is 4.65. The minimum atomic E-state index is -0.315. The zero-order valence-corrected chi connectivity index (χ0v) is 11.2. The van der Waals surface area contributed by atoms with Gasteiger partial charge in [-0.05, 0) is 38.0 Å². The van der Waals surface area contributed by atoms with Crippen LogP contribution in [0.3, 0.4) is 0 Å². The van der Waals surface area contributed by atoms with Gasteiger partial charge < -0.3 is 10.3 Å². The highest BCUT2D eigenvalue weighted by atomic mass is 16.5. The van der Waals surface area contributed by atoms with E-state index in [4.69, 9.17) is 10.3 Å². The van der Waals surface area contributed by atoms with Gasteiger partial charge in [-0.3, -0.25) is 0 Å². The molecule has 4 nitrogen and oxygen atoms in total. The third-order valence-corrected chi connectivity index (χ3v) is 4.84. The van der Waals surface area contributed by atoms with Crippen molar-refractivity contribution in [2.24, 2.45) is 11.7 Å². The number of nitrogens with two attached hydrogens (primary N) is 1. The zero-order valence-electron chi connectivity index (χ0n) is 11.2. The number of hydrogen-bond acceptors (Lipinski definition) is 4. The first-order valence-corrected chi connectivity index (χ1v) is 7.34. The largest absolute Gasteiger partial charge is 0.337 e. The Kier molecular flexibility index (Phi) is 3.14. The fraction of sp³-hybridized carbons (Fsp3) is 0.857. The van der Waals surface area contributed by atoms with Crippen molar-refractivity contribution in [3.8, 4) is 0 Å². The van der Waals surface area contributed by atoms with Crippen molar-refractivity contribution in [3.05, 3.63) is 11.7 Å². The topological polar surface area (TPSA) is 64.9 Å². The Balaban J connectivity index is 1.72. The van der Waals surface area contributed by atoms with E-state index < -0.39 is 0 Å². The van der Waals surface area contributed by atoms with E-state index in [2.05, 4.69) is 17.1 Å². The molecule has 100 valence electrons. The van der Waals surface area contributed by atoms with E-state index in [1.165, 1.54) is 38.5 Å². The smallest absolute Gasteiger partial charge is 0.246 e. The van der Waals surface area contributed by atoms with E-state index in [0.29, 0.717) is 11.8 Å². The third-order valence-electron chi connectivity index (χ3n) is 4.84. The van der Waals surface area contributed by atoms with Crippen LogP contribution in [-0.2, 0) is 5.54 Å². The molecule has 1 heterocycles. The quantitative estimate of drug-likeness (QED) is 0.894. The molecule has 2 saturated carbocycles. The van der Waals surface area contributed by atoms with Crippen LogP contribution in [0.2, 0.25) is 0 Å². The number of hydrogen-bond donors (Lipinski definition) is 1. The average Bonchev–Trinajstić information content (AvgIpc) is 2.86. The van der Waals surface area contributed by atoms with Gasteiger partial charge in [0.15, 0.2) is 5.82 Å². The summed E-state index contributed by atoms with van der Waals surface area (Å²) in [5.74, 6) is 2.90. The van der Waals surface area contributed by atoms with Crippen molar-refractivity contribution in [2.45, 2.75) is 69.7 Å². The normalized spacial score (nSPS) is 31.0. The molecule has 0 saturated heterocycles. The fourth-order valence-corrected chi connectivity index (χ4v) is 3.27. The van der Waals surface area contributed by atoms with E-state index in [0.717, 1.165) is 24.6 Å². The first-order chi connectivity index (χ1) is 8.71. The van der Waals surface area contributed by atoms with Crippen molar-refractivity contribution in [2.75, 3.05) is 0 Å². The van der Waals surface area contributed by atoms with Gasteiger partial charge in [-0.15, -0.1) is 0 Å². The van der Waals surface area contributed by atoms with Crippen LogP contribution in [0, 0.1) is 5.92 Å². The first-order valence-electron chi connectivity index (χ1n) is 7.34. The van der Waals surface area contributed by atoms with Gasteiger partial charge in [0.1, 0.15) is 0 Å². The maximum Gasteiger partial charge on any atom is 0.246 e. The molecule has 0 aromatic carbocycles. The summed E-state index contributed by atoms with van der Waals surface area (Å²) in [5, 5.41) is 4.19. The highest BCUT2D eigenvalue weighted by Gasteiger charge is 2.40. The van der Waals surface area contributed by atoms with Crippen molar-refractivity contribution in [1.82, 2.24) is 10.1 Å². The molecule has 2 fully saturated rings. The summed E-state index contributed by atoms with van der Waals surface area (Å²) in [4.78, 5) is 4.59. The predicted octanol–water partition coefficient (Wildman–Crippen LogP) is 3.09. The molecule has 2 aliphatic carbocycles. The van der Waals surface area contributed by atoms with Crippen LogP contribution < -0.4 is 5.73 Å². The van der Waals surface area contributed by atoms with Crippen LogP contribution in [-0.4, -0.2) is 10.1 Å². The van der Waals surface area contributed by atoms with E-state index >= 15 is 0 Å². The van der Waals surface area contributed by atoms with Gasteiger partial charge in [-0.2, -0.15) is 4.98 Å². The molecule has 3 rings (SSSR count). The highest BCUT2D eigenvalue weighted by Crippen LogP contribution is 2.40. The van der Waals surface area contributed by atoms with Gasteiger partial charge in [0.05, 0.1) is 5.54 Å². The Bertz CT molecular complexity index is 411. The average molecular weight is 249 g/mol. The summed E-state index contributed by atoms with van der Waals surface area (Å²) < 4.78 is 5.41. The standard InChI is InChI=1S/C14H23N3O/c1-2-10-5-3-6-11(9-10)12-16-13(18-17-12)14(15)7-4-8-14/h10-11H,2-9,15H2,1H3. The van der Waals surface area contributed by atoms with Crippen molar-refractivity contribution in [1.29, 1.82) is 0 Å². The van der Waals surface area contributed by atoms with Crippen molar-refractivity contribution >= 4 is 0 Å². The Labute approximate surface area is 108 Å². The lowest BCUT2D eigenvalue weighted by molar-refractivity contribution is 0.180. The van der Waals surface area contributed by atoms with Gasteiger partial charge in [0.25, 0.3) is 0 Å². The van der Waals surface area contributed by atoms with Crippen LogP contribution >= 0.6 is 0 Å². The molecule has 2 unspecified atom stereocenters. The van der Waals surface area contributed by atoms with Gasteiger partial charge in [0, 0.05) is 5.92 Å². The summed E-state index contributed by atoms with van der Waals surface area (Å²) in [6.45, 7) is 2.28. The summed E-state index contributed by atoms with van der Waals surface area (Å²) in [6, 6.07) is 0. The molecule has 0 bridgehead atoms. The lowest BCUT2D eigenvalue weighted by Crippen LogP contribution is -2.43. The first kappa shape index (κ1) is 12.2. The van der Waals surface area contributed by atoms with E-state index in [9.17, 15) is 0 Å². The Morgan fingerprint density at radius 2 is 2.17 bits per heavy atom. The molecule has 0 radical (unpaired) electrons. The van der Waals surface area contributed by atoms with Crippen LogP contribution in [0.5, 0.6) is 0 Å². The lowest BCUT2D eigenvalue weighted by Gasteiger charge is -2.33. The molecule has 4 heteroatoms. The minimum Gasteiger partial charge on any atom is -0.337 e. The van der Waals surface area contributed by atoms with Crippen LogP contribution in [0.25, 0.3) is 0 Å². The van der Waals surface area contributed by atoms with Gasteiger partial charge >= 0.3 is 0 Å². The Morgan fingerprint density at radius 3 is 2.83 bits per heavy atom. The lowest BCUT2D eigenvalue weighted by atomic mass is 9.77. The SMILES string of the molecule is CCC1CCCC(c2noc(C3(N)CCC3)n2)C1. The molecule has 2 N–H and O–H groups in total. The summed E-state index contributed by atoms with van der Waals surface area (Å²) in [6.07, 6.45) is 9.48. The van der Waals surface area contributed by atoms with Gasteiger partial charge in [-0.25, -0.2) is 0 Å². The maximum atomic E-state index is 6.22.